The molecule has 0 radical (unpaired) electrons. The van der Waals surface area contributed by atoms with Gasteiger partial charge in [0, 0.05) is 12.1 Å². The van der Waals surface area contributed by atoms with Crippen LogP contribution in [0.15, 0.2) is 23.1 Å². The highest BCUT2D eigenvalue weighted by atomic mass is 32.2. The van der Waals surface area contributed by atoms with Crippen LogP contribution in [0.4, 0.5) is 13.2 Å². The number of benzene rings is 1. The van der Waals surface area contributed by atoms with E-state index in [0.717, 1.165) is 31.0 Å². The Balaban J connectivity index is 2.34. The summed E-state index contributed by atoms with van der Waals surface area (Å²) in [5.41, 5.74) is 4.21. The van der Waals surface area contributed by atoms with Crippen LogP contribution in [-0.2, 0) is 16.2 Å². The van der Waals surface area contributed by atoms with Crippen LogP contribution in [-0.4, -0.2) is 20.5 Å². The summed E-state index contributed by atoms with van der Waals surface area (Å²) in [6.07, 6.45) is -1.45. The Morgan fingerprint density at radius 3 is 2.32 bits per heavy atom. The van der Waals surface area contributed by atoms with Gasteiger partial charge in [0.15, 0.2) is 0 Å². The molecular weight excluding hydrogens is 317 g/mol. The third-order valence-corrected chi connectivity index (χ3v) is 5.83. The number of hydrogen-bond donors (Lipinski definition) is 2. The second-order valence-electron chi connectivity index (χ2n) is 5.78. The number of rotatable bonds is 4. The Hall–Kier alpha value is -1.12. The molecule has 0 atom stereocenters. The molecule has 0 bridgehead atoms. The fourth-order valence-corrected chi connectivity index (χ4v) is 4.56. The van der Waals surface area contributed by atoms with Crippen molar-refractivity contribution >= 4 is 10.0 Å². The highest BCUT2D eigenvalue weighted by Crippen LogP contribution is 2.33. The maximum absolute atomic E-state index is 12.7. The van der Waals surface area contributed by atoms with E-state index >= 15 is 0 Å². The zero-order valence-electron chi connectivity index (χ0n) is 12.2. The quantitative estimate of drug-likeness (QED) is 0.888. The minimum Gasteiger partial charge on any atom is -0.329 e. The van der Waals surface area contributed by atoms with Crippen molar-refractivity contribution in [3.63, 3.8) is 0 Å². The standard InChI is InChI=1S/C14H19F3N2O2S/c1-10-8-11(14(15,16)17)4-5-12(10)22(20,21)19-13(9-18)6-2-3-7-13/h4-5,8,19H,2-3,6-7,9,18H2,1H3. The molecule has 0 amide bonds. The van der Waals surface area contributed by atoms with Gasteiger partial charge in [0.05, 0.1) is 10.5 Å². The molecule has 1 fully saturated rings. The molecular formula is C14H19F3N2O2S. The number of alkyl halides is 3. The normalized spacial score (nSPS) is 18.6. The van der Waals surface area contributed by atoms with Crippen molar-refractivity contribution in [2.75, 3.05) is 6.54 Å². The van der Waals surface area contributed by atoms with Gasteiger partial charge in [-0.2, -0.15) is 13.2 Å². The van der Waals surface area contributed by atoms with Crippen LogP contribution in [0.1, 0.15) is 36.8 Å². The third-order valence-electron chi connectivity index (χ3n) is 4.09. The van der Waals surface area contributed by atoms with Crippen LogP contribution >= 0.6 is 0 Å². The smallest absolute Gasteiger partial charge is 0.329 e. The Morgan fingerprint density at radius 1 is 1.27 bits per heavy atom. The number of hydrogen-bond acceptors (Lipinski definition) is 3. The van der Waals surface area contributed by atoms with E-state index in [1.54, 1.807) is 0 Å². The van der Waals surface area contributed by atoms with Gasteiger partial charge in [0.2, 0.25) is 10.0 Å². The molecule has 3 N–H and O–H groups in total. The molecule has 1 aliphatic carbocycles. The number of aryl methyl sites for hydroxylation is 1. The molecule has 4 nitrogen and oxygen atoms in total. The van der Waals surface area contributed by atoms with Crippen LogP contribution in [0.25, 0.3) is 0 Å². The van der Waals surface area contributed by atoms with Crippen LogP contribution in [0.3, 0.4) is 0 Å². The summed E-state index contributed by atoms with van der Waals surface area (Å²) in [4.78, 5) is -0.139. The summed E-state index contributed by atoms with van der Waals surface area (Å²) in [5.74, 6) is 0. The summed E-state index contributed by atoms with van der Waals surface area (Å²) in [6.45, 7) is 1.53. The van der Waals surface area contributed by atoms with E-state index in [1.165, 1.54) is 6.92 Å². The molecule has 1 aromatic carbocycles. The van der Waals surface area contributed by atoms with Crippen molar-refractivity contribution in [3.8, 4) is 0 Å². The molecule has 0 aliphatic heterocycles. The van der Waals surface area contributed by atoms with Gasteiger partial charge in [0.25, 0.3) is 0 Å². The molecule has 2 rings (SSSR count). The summed E-state index contributed by atoms with van der Waals surface area (Å²) < 4.78 is 65.5. The Labute approximate surface area is 127 Å². The molecule has 0 aromatic heterocycles. The van der Waals surface area contributed by atoms with Gasteiger partial charge in [0.1, 0.15) is 0 Å². The van der Waals surface area contributed by atoms with Crippen molar-refractivity contribution in [1.82, 2.24) is 4.72 Å². The van der Waals surface area contributed by atoms with E-state index in [9.17, 15) is 21.6 Å². The highest BCUT2D eigenvalue weighted by molar-refractivity contribution is 7.89. The van der Waals surface area contributed by atoms with Crippen molar-refractivity contribution in [2.45, 2.75) is 49.2 Å². The van der Waals surface area contributed by atoms with Crippen molar-refractivity contribution in [2.24, 2.45) is 5.73 Å². The van der Waals surface area contributed by atoms with Gasteiger partial charge >= 0.3 is 6.18 Å². The second kappa shape index (κ2) is 5.82. The topological polar surface area (TPSA) is 72.2 Å². The van der Waals surface area contributed by atoms with Crippen molar-refractivity contribution in [1.29, 1.82) is 0 Å². The lowest BCUT2D eigenvalue weighted by atomic mass is 10.0. The molecule has 8 heteroatoms. The maximum Gasteiger partial charge on any atom is 0.416 e. The van der Waals surface area contributed by atoms with Gasteiger partial charge in [-0.25, -0.2) is 13.1 Å². The van der Waals surface area contributed by atoms with Crippen molar-refractivity contribution in [3.05, 3.63) is 29.3 Å². The zero-order chi connectivity index (χ0) is 16.6. The lowest BCUT2D eigenvalue weighted by Crippen LogP contribution is -2.51. The number of nitrogens with two attached hydrogens (primary N) is 1. The van der Waals surface area contributed by atoms with E-state index in [1.807, 2.05) is 0 Å². The molecule has 1 saturated carbocycles. The largest absolute Gasteiger partial charge is 0.416 e. The average molecular weight is 336 g/mol. The van der Waals surface area contributed by atoms with E-state index in [2.05, 4.69) is 4.72 Å². The van der Waals surface area contributed by atoms with Crippen molar-refractivity contribution < 1.29 is 21.6 Å². The molecule has 0 heterocycles. The minimum absolute atomic E-state index is 0.0625. The molecule has 0 saturated heterocycles. The van der Waals surface area contributed by atoms with Gasteiger partial charge in [-0.1, -0.05) is 12.8 Å². The van der Waals surface area contributed by atoms with Crippen LogP contribution in [0, 0.1) is 6.92 Å². The number of sulfonamides is 1. The van der Waals surface area contributed by atoms with E-state index in [-0.39, 0.29) is 17.0 Å². The Kier molecular flexibility index (Phi) is 4.56. The fourth-order valence-electron chi connectivity index (χ4n) is 2.87. The van der Waals surface area contributed by atoms with Gasteiger partial charge in [-0.15, -0.1) is 0 Å². The molecule has 1 aliphatic rings. The van der Waals surface area contributed by atoms with E-state index < -0.39 is 27.3 Å². The van der Waals surface area contributed by atoms with Gasteiger partial charge < -0.3 is 5.73 Å². The maximum atomic E-state index is 12.7. The summed E-state index contributed by atoms with van der Waals surface area (Å²) in [6, 6.07) is 2.63. The first-order chi connectivity index (χ1) is 10.1. The molecule has 0 spiro atoms. The third kappa shape index (κ3) is 3.44. The first kappa shape index (κ1) is 17.2. The highest BCUT2D eigenvalue weighted by Gasteiger charge is 2.38. The number of halogens is 3. The molecule has 124 valence electrons. The molecule has 0 unspecified atom stereocenters. The SMILES string of the molecule is Cc1cc(C(F)(F)F)ccc1S(=O)(=O)NC1(CN)CCCC1. The lowest BCUT2D eigenvalue weighted by Gasteiger charge is -2.28. The predicted octanol–water partition coefficient (Wildman–Crippen LogP) is 2.56. The molecule has 1 aromatic rings. The monoisotopic (exact) mass is 336 g/mol. The first-order valence-corrected chi connectivity index (χ1v) is 8.50. The Bertz CT molecular complexity index is 651. The van der Waals surface area contributed by atoms with Crippen LogP contribution in [0.5, 0.6) is 0 Å². The summed E-state index contributed by atoms with van der Waals surface area (Å²) in [7, 11) is -3.90. The second-order valence-corrected chi connectivity index (χ2v) is 7.43. The summed E-state index contributed by atoms with van der Waals surface area (Å²) in [5, 5.41) is 0. The fraction of sp³-hybridized carbons (Fsp3) is 0.571. The van der Waals surface area contributed by atoms with Gasteiger partial charge in [-0.3, -0.25) is 0 Å². The lowest BCUT2D eigenvalue weighted by molar-refractivity contribution is -0.137. The summed E-state index contributed by atoms with van der Waals surface area (Å²) >= 11 is 0. The Morgan fingerprint density at radius 2 is 1.86 bits per heavy atom. The predicted molar refractivity (Wildman–Crippen MR) is 76.8 cm³/mol. The number of nitrogens with one attached hydrogen (secondary N) is 1. The van der Waals surface area contributed by atoms with Gasteiger partial charge in [-0.05, 0) is 43.5 Å². The van der Waals surface area contributed by atoms with Crippen LogP contribution in [0.2, 0.25) is 0 Å². The average Bonchev–Trinajstić information content (AvgIpc) is 2.85. The molecule has 22 heavy (non-hydrogen) atoms. The van der Waals surface area contributed by atoms with Crippen LogP contribution < -0.4 is 10.5 Å². The zero-order valence-corrected chi connectivity index (χ0v) is 13.0. The van der Waals surface area contributed by atoms with E-state index in [0.29, 0.717) is 12.8 Å². The minimum atomic E-state index is -4.50. The van der Waals surface area contributed by atoms with E-state index in [4.69, 9.17) is 5.73 Å². The first-order valence-electron chi connectivity index (χ1n) is 7.02.